The summed E-state index contributed by atoms with van der Waals surface area (Å²) in [4.78, 5) is 2.46. The Morgan fingerprint density at radius 1 is 1.20 bits per heavy atom. The Balaban J connectivity index is 1.67. The van der Waals surface area contributed by atoms with E-state index in [1.54, 1.807) is 0 Å². The molecule has 3 atom stereocenters. The monoisotopic (exact) mass is 283 g/mol. The van der Waals surface area contributed by atoms with E-state index in [4.69, 9.17) is 9.47 Å². The van der Waals surface area contributed by atoms with Gasteiger partial charge in [0.15, 0.2) is 0 Å². The first-order valence-corrected chi connectivity index (χ1v) is 8.32. The molecule has 1 spiro atoms. The molecule has 3 unspecified atom stereocenters. The van der Waals surface area contributed by atoms with Crippen molar-refractivity contribution >= 4 is 0 Å². The zero-order valence-electron chi connectivity index (χ0n) is 12.8. The predicted molar refractivity (Wildman–Crippen MR) is 77.8 cm³/mol. The molecule has 3 aliphatic rings. The molecule has 0 aromatic rings. The average Bonchev–Trinajstić information content (AvgIpc) is 2.80. The van der Waals surface area contributed by atoms with Gasteiger partial charge in [0.25, 0.3) is 0 Å². The van der Waals surface area contributed by atoms with Gasteiger partial charge in [0.1, 0.15) is 0 Å². The smallest absolute Gasteiger partial charge is 0.0940 e. The summed E-state index contributed by atoms with van der Waals surface area (Å²) in [6.45, 7) is 7.80. The van der Waals surface area contributed by atoms with Crippen molar-refractivity contribution < 1.29 is 14.6 Å². The van der Waals surface area contributed by atoms with Gasteiger partial charge in [-0.3, -0.25) is 0 Å². The zero-order valence-corrected chi connectivity index (χ0v) is 12.8. The lowest BCUT2D eigenvalue weighted by Gasteiger charge is -2.44. The minimum Gasteiger partial charge on any atom is -0.390 e. The van der Waals surface area contributed by atoms with Crippen LogP contribution in [0.1, 0.15) is 45.4 Å². The van der Waals surface area contributed by atoms with Crippen LogP contribution in [-0.4, -0.2) is 60.7 Å². The molecule has 1 N–H and O–H groups in total. The Hall–Kier alpha value is -0.160. The molecular formula is C16H29NO3. The topological polar surface area (TPSA) is 41.9 Å². The van der Waals surface area contributed by atoms with Crippen LogP contribution in [0.15, 0.2) is 0 Å². The van der Waals surface area contributed by atoms with Gasteiger partial charge in [-0.2, -0.15) is 0 Å². The van der Waals surface area contributed by atoms with Gasteiger partial charge in [0, 0.05) is 26.2 Å². The lowest BCUT2D eigenvalue weighted by Crippen LogP contribution is -2.49. The summed E-state index contributed by atoms with van der Waals surface area (Å²) < 4.78 is 11.6. The number of ether oxygens (including phenoxy) is 2. The molecule has 3 aliphatic heterocycles. The van der Waals surface area contributed by atoms with Gasteiger partial charge in [-0.05, 0) is 51.1 Å². The second-order valence-electron chi connectivity index (χ2n) is 6.92. The van der Waals surface area contributed by atoms with Crippen LogP contribution in [0.4, 0.5) is 0 Å². The summed E-state index contributed by atoms with van der Waals surface area (Å²) in [5, 5.41) is 11.2. The molecule has 4 heteroatoms. The summed E-state index contributed by atoms with van der Waals surface area (Å²) in [6, 6.07) is 0. The SMILES string of the molecule is CCN1CCCC(O)(C2CCOC3(CCOC3)C2)CC1. The first-order valence-electron chi connectivity index (χ1n) is 8.32. The fourth-order valence-corrected chi connectivity index (χ4v) is 4.27. The fourth-order valence-electron chi connectivity index (χ4n) is 4.27. The molecule has 0 aromatic carbocycles. The van der Waals surface area contributed by atoms with Crippen LogP contribution < -0.4 is 0 Å². The van der Waals surface area contributed by atoms with E-state index in [1.807, 2.05) is 0 Å². The fraction of sp³-hybridized carbons (Fsp3) is 1.00. The highest BCUT2D eigenvalue weighted by Crippen LogP contribution is 2.43. The molecule has 0 bridgehead atoms. The molecule has 0 saturated carbocycles. The summed E-state index contributed by atoms with van der Waals surface area (Å²) in [7, 11) is 0. The standard InChI is InChI=1S/C16H29NO3/c1-2-17-8-3-5-16(18,6-9-17)14-4-10-20-15(12-14)7-11-19-13-15/h14,18H,2-13H2,1H3. The van der Waals surface area contributed by atoms with Gasteiger partial charge in [0.05, 0.1) is 17.8 Å². The molecule has 3 rings (SSSR count). The number of aliphatic hydroxyl groups is 1. The Labute approximate surface area is 122 Å². The molecule has 116 valence electrons. The Morgan fingerprint density at radius 2 is 2.10 bits per heavy atom. The number of nitrogens with zero attached hydrogens (tertiary/aromatic N) is 1. The van der Waals surface area contributed by atoms with Gasteiger partial charge in [-0.15, -0.1) is 0 Å². The molecule has 0 aromatic heterocycles. The van der Waals surface area contributed by atoms with E-state index in [9.17, 15) is 5.11 Å². The van der Waals surface area contributed by atoms with Crippen LogP contribution in [0.2, 0.25) is 0 Å². The average molecular weight is 283 g/mol. The van der Waals surface area contributed by atoms with Crippen LogP contribution in [0, 0.1) is 5.92 Å². The molecular weight excluding hydrogens is 254 g/mol. The van der Waals surface area contributed by atoms with Crippen LogP contribution in [0.25, 0.3) is 0 Å². The maximum Gasteiger partial charge on any atom is 0.0940 e. The minimum atomic E-state index is -0.483. The normalized spacial score (nSPS) is 43.8. The third kappa shape index (κ3) is 2.89. The quantitative estimate of drug-likeness (QED) is 0.839. The third-order valence-corrected chi connectivity index (χ3v) is 5.71. The van der Waals surface area contributed by atoms with E-state index >= 15 is 0 Å². The van der Waals surface area contributed by atoms with Crippen LogP contribution in [0.5, 0.6) is 0 Å². The van der Waals surface area contributed by atoms with Crippen molar-refractivity contribution in [3.8, 4) is 0 Å². The van der Waals surface area contributed by atoms with Gasteiger partial charge >= 0.3 is 0 Å². The maximum absolute atomic E-state index is 11.2. The van der Waals surface area contributed by atoms with Gasteiger partial charge in [0.2, 0.25) is 0 Å². The first-order chi connectivity index (χ1) is 9.66. The van der Waals surface area contributed by atoms with Crippen molar-refractivity contribution in [1.82, 2.24) is 4.90 Å². The Kier molecular flexibility index (Phi) is 4.37. The number of rotatable bonds is 2. The summed E-state index contributed by atoms with van der Waals surface area (Å²) in [5.74, 6) is 0.384. The zero-order chi connectivity index (χ0) is 14.1. The van der Waals surface area contributed by atoms with Crippen LogP contribution in [-0.2, 0) is 9.47 Å². The number of hydrogen-bond donors (Lipinski definition) is 1. The van der Waals surface area contributed by atoms with Gasteiger partial charge in [-0.25, -0.2) is 0 Å². The molecule has 0 radical (unpaired) electrons. The second kappa shape index (κ2) is 5.91. The van der Waals surface area contributed by atoms with E-state index in [0.29, 0.717) is 5.92 Å². The van der Waals surface area contributed by atoms with E-state index in [1.165, 1.54) is 0 Å². The van der Waals surface area contributed by atoms with Crippen molar-refractivity contribution in [3.05, 3.63) is 0 Å². The largest absolute Gasteiger partial charge is 0.390 e. The Morgan fingerprint density at radius 3 is 2.85 bits per heavy atom. The van der Waals surface area contributed by atoms with Gasteiger partial charge < -0.3 is 19.5 Å². The van der Waals surface area contributed by atoms with Gasteiger partial charge in [-0.1, -0.05) is 6.92 Å². The highest BCUT2D eigenvalue weighted by Gasteiger charge is 2.47. The third-order valence-electron chi connectivity index (χ3n) is 5.71. The lowest BCUT2D eigenvalue weighted by atomic mass is 9.72. The molecule has 4 nitrogen and oxygen atoms in total. The summed E-state index contributed by atoms with van der Waals surface area (Å²) >= 11 is 0. The van der Waals surface area contributed by atoms with Crippen LogP contribution >= 0.6 is 0 Å². The highest BCUT2D eigenvalue weighted by atomic mass is 16.6. The summed E-state index contributed by atoms with van der Waals surface area (Å²) in [6.07, 6.45) is 5.97. The number of likely N-dealkylation sites (tertiary alicyclic amines) is 1. The molecule has 3 saturated heterocycles. The predicted octanol–water partition coefficient (Wildman–Crippen LogP) is 1.81. The maximum atomic E-state index is 11.2. The van der Waals surface area contributed by atoms with Crippen molar-refractivity contribution in [2.75, 3.05) is 39.5 Å². The highest BCUT2D eigenvalue weighted by molar-refractivity contribution is 4.98. The summed E-state index contributed by atoms with van der Waals surface area (Å²) in [5.41, 5.74) is -0.571. The minimum absolute atomic E-state index is 0.0879. The van der Waals surface area contributed by atoms with E-state index < -0.39 is 5.60 Å². The van der Waals surface area contributed by atoms with Crippen molar-refractivity contribution in [2.45, 2.75) is 56.7 Å². The lowest BCUT2D eigenvalue weighted by molar-refractivity contribution is -0.146. The second-order valence-corrected chi connectivity index (χ2v) is 6.92. The van der Waals surface area contributed by atoms with Crippen molar-refractivity contribution in [3.63, 3.8) is 0 Å². The van der Waals surface area contributed by atoms with Crippen LogP contribution in [0.3, 0.4) is 0 Å². The van der Waals surface area contributed by atoms with E-state index in [-0.39, 0.29) is 5.60 Å². The molecule has 0 amide bonds. The molecule has 3 fully saturated rings. The van der Waals surface area contributed by atoms with Crippen molar-refractivity contribution in [2.24, 2.45) is 5.92 Å². The molecule has 0 aliphatic carbocycles. The van der Waals surface area contributed by atoms with E-state index in [2.05, 4.69) is 11.8 Å². The number of hydrogen-bond acceptors (Lipinski definition) is 4. The van der Waals surface area contributed by atoms with E-state index in [0.717, 1.165) is 78.0 Å². The molecule has 20 heavy (non-hydrogen) atoms. The molecule has 3 heterocycles. The Bertz CT molecular complexity index is 330. The van der Waals surface area contributed by atoms with Crippen molar-refractivity contribution in [1.29, 1.82) is 0 Å². The first kappa shape index (κ1) is 14.8.